The Balaban J connectivity index is 1.47. The van der Waals surface area contributed by atoms with Crippen LogP contribution in [0.5, 0.6) is 11.5 Å². The third-order valence-electron chi connectivity index (χ3n) is 5.11. The summed E-state index contributed by atoms with van der Waals surface area (Å²) in [6.07, 6.45) is 0. The van der Waals surface area contributed by atoms with E-state index in [0.717, 1.165) is 11.3 Å². The first-order valence-electron chi connectivity index (χ1n) is 11.1. The number of thioether (sulfide) groups is 1. The van der Waals surface area contributed by atoms with Crippen LogP contribution in [-0.4, -0.2) is 40.1 Å². The van der Waals surface area contributed by atoms with Gasteiger partial charge in [-0.25, -0.2) is 4.39 Å². The maximum absolute atomic E-state index is 14.5. The second-order valence-electron chi connectivity index (χ2n) is 7.44. The summed E-state index contributed by atoms with van der Waals surface area (Å²) in [5, 5.41) is 11.9. The average Bonchev–Trinajstić information content (AvgIpc) is 3.31. The molecule has 0 saturated carbocycles. The predicted molar refractivity (Wildman–Crippen MR) is 133 cm³/mol. The summed E-state index contributed by atoms with van der Waals surface area (Å²) in [6.45, 7) is 2.78. The van der Waals surface area contributed by atoms with Crippen molar-refractivity contribution in [2.75, 3.05) is 19.5 Å². The van der Waals surface area contributed by atoms with Crippen molar-refractivity contribution >= 4 is 17.7 Å². The van der Waals surface area contributed by atoms with E-state index in [1.165, 1.54) is 17.8 Å². The first kappa shape index (κ1) is 24.3. The Morgan fingerprint density at radius 1 is 1.03 bits per heavy atom. The van der Waals surface area contributed by atoms with E-state index in [-0.39, 0.29) is 11.7 Å². The van der Waals surface area contributed by atoms with E-state index in [1.54, 1.807) is 29.9 Å². The molecule has 4 aromatic rings. The maximum atomic E-state index is 14.5. The van der Waals surface area contributed by atoms with Gasteiger partial charge in [-0.15, -0.1) is 10.2 Å². The lowest BCUT2D eigenvalue weighted by Gasteiger charge is -2.12. The molecular weight excluding hydrogens is 467 g/mol. The zero-order valence-corrected chi connectivity index (χ0v) is 20.2. The lowest BCUT2D eigenvalue weighted by molar-refractivity contribution is -0.118. The van der Waals surface area contributed by atoms with E-state index in [4.69, 9.17) is 9.47 Å². The number of halogens is 1. The van der Waals surface area contributed by atoms with Gasteiger partial charge in [0, 0.05) is 12.2 Å². The normalized spacial score (nSPS) is 10.7. The van der Waals surface area contributed by atoms with E-state index >= 15 is 0 Å². The van der Waals surface area contributed by atoms with Crippen LogP contribution in [-0.2, 0) is 11.3 Å². The van der Waals surface area contributed by atoms with Gasteiger partial charge in [-0.1, -0.05) is 48.2 Å². The topological polar surface area (TPSA) is 78.3 Å². The molecule has 35 heavy (non-hydrogen) atoms. The Labute approximate surface area is 207 Å². The summed E-state index contributed by atoms with van der Waals surface area (Å²) < 4.78 is 27.2. The zero-order chi connectivity index (χ0) is 24.6. The summed E-state index contributed by atoms with van der Waals surface area (Å²) in [7, 11) is 1.58. The number of ether oxygens (including phenoxy) is 2. The highest BCUT2D eigenvalue weighted by Crippen LogP contribution is 2.30. The summed E-state index contributed by atoms with van der Waals surface area (Å²) >= 11 is 1.23. The van der Waals surface area contributed by atoms with E-state index in [1.807, 2.05) is 55.5 Å². The highest BCUT2D eigenvalue weighted by atomic mass is 32.2. The molecule has 1 N–H and O–H groups in total. The van der Waals surface area contributed by atoms with Gasteiger partial charge in [-0.3, -0.25) is 9.36 Å². The summed E-state index contributed by atoms with van der Waals surface area (Å²) in [6, 6.07) is 21.4. The maximum Gasteiger partial charge on any atom is 0.230 e. The Morgan fingerprint density at radius 2 is 1.80 bits per heavy atom. The molecule has 7 nitrogen and oxygen atoms in total. The largest absolute Gasteiger partial charge is 0.493 e. The monoisotopic (exact) mass is 492 g/mol. The number of rotatable bonds is 10. The van der Waals surface area contributed by atoms with E-state index < -0.39 is 5.82 Å². The predicted octanol–water partition coefficient (Wildman–Crippen LogP) is 4.89. The third-order valence-corrected chi connectivity index (χ3v) is 6.04. The molecule has 1 aromatic heterocycles. The van der Waals surface area contributed by atoms with Crippen molar-refractivity contribution in [1.29, 1.82) is 0 Å². The number of hydrogen-bond acceptors (Lipinski definition) is 6. The van der Waals surface area contributed by atoms with Crippen LogP contribution in [0.15, 0.2) is 78.0 Å². The minimum atomic E-state index is -0.392. The van der Waals surface area contributed by atoms with Crippen LogP contribution in [0.3, 0.4) is 0 Å². The molecule has 9 heteroatoms. The highest BCUT2D eigenvalue weighted by Gasteiger charge is 2.19. The SMILES string of the molecule is CCOc1ccc(CNC(=O)CSc2nnc(-c3ccccc3F)n2-c2ccccc2)cc1OC. The fourth-order valence-corrected chi connectivity index (χ4v) is 4.25. The number of carbonyl (C=O) groups excluding carboxylic acids is 1. The van der Waals surface area contributed by atoms with Gasteiger partial charge in [-0.2, -0.15) is 0 Å². The fraction of sp³-hybridized carbons (Fsp3) is 0.192. The van der Waals surface area contributed by atoms with Gasteiger partial charge in [0.2, 0.25) is 5.91 Å². The molecule has 0 aliphatic rings. The van der Waals surface area contributed by atoms with Crippen molar-refractivity contribution in [3.63, 3.8) is 0 Å². The molecule has 0 aliphatic carbocycles. The second-order valence-corrected chi connectivity index (χ2v) is 8.38. The van der Waals surface area contributed by atoms with Crippen LogP contribution < -0.4 is 14.8 Å². The molecule has 1 heterocycles. The molecule has 0 spiro atoms. The molecule has 180 valence electrons. The van der Waals surface area contributed by atoms with Crippen molar-refractivity contribution in [1.82, 2.24) is 20.1 Å². The van der Waals surface area contributed by atoms with Gasteiger partial charge in [0.05, 0.1) is 25.0 Å². The van der Waals surface area contributed by atoms with Crippen LogP contribution in [0.25, 0.3) is 17.1 Å². The Bertz CT molecular complexity index is 1300. The smallest absolute Gasteiger partial charge is 0.230 e. The Hall–Kier alpha value is -3.85. The second kappa shape index (κ2) is 11.5. The summed E-state index contributed by atoms with van der Waals surface area (Å²) in [5.41, 5.74) is 2.00. The van der Waals surface area contributed by atoms with Gasteiger partial charge >= 0.3 is 0 Å². The molecule has 1 amide bonds. The molecule has 0 atom stereocenters. The summed E-state index contributed by atoms with van der Waals surface area (Å²) in [4.78, 5) is 12.6. The lowest BCUT2D eigenvalue weighted by atomic mass is 10.2. The standard InChI is InChI=1S/C26H25FN4O3S/c1-3-34-22-14-13-18(15-23(22)33-2)16-28-24(32)17-35-26-30-29-25(20-11-7-8-12-21(20)27)31(26)19-9-5-4-6-10-19/h4-15H,3,16-17H2,1-2H3,(H,28,32). The zero-order valence-electron chi connectivity index (χ0n) is 19.4. The van der Waals surface area contributed by atoms with Crippen LogP contribution in [0, 0.1) is 5.82 Å². The first-order valence-corrected chi connectivity index (χ1v) is 12.0. The van der Waals surface area contributed by atoms with Crippen LogP contribution in [0.4, 0.5) is 4.39 Å². The van der Waals surface area contributed by atoms with Gasteiger partial charge in [-0.05, 0) is 48.9 Å². The minimum absolute atomic E-state index is 0.121. The van der Waals surface area contributed by atoms with Crippen LogP contribution in [0.1, 0.15) is 12.5 Å². The number of aromatic nitrogens is 3. The number of methoxy groups -OCH3 is 1. The fourth-order valence-electron chi connectivity index (χ4n) is 3.47. The van der Waals surface area contributed by atoms with Crippen molar-refractivity contribution in [3.8, 4) is 28.6 Å². The first-order chi connectivity index (χ1) is 17.1. The van der Waals surface area contributed by atoms with Crippen molar-refractivity contribution in [2.24, 2.45) is 0 Å². The van der Waals surface area contributed by atoms with E-state index in [2.05, 4.69) is 15.5 Å². The lowest BCUT2D eigenvalue weighted by Crippen LogP contribution is -2.24. The van der Waals surface area contributed by atoms with Crippen LogP contribution >= 0.6 is 11.8 Å². The molecule has 0 radical (unpaired) electrons. The molecule has 0 aliphatic heterocycles. The average molecular weight is 493 g/mol. The van der Waals surface area contributed by atoms with Crippen molar-refractivity contribution < 1.29 is 18.7 Å². The molecule has 0 fully saturated rings. The molecule has 0 unspecified atom stereocenters. The number of amides is 1. The third kappa shape index (κ3) is 5.81. The van der Waals surface area contributed by atoms with Gasteiger partial charge in [0.15, 0.2) is 22.5 Å². The minimum Gasteiger partial charge on any atom is -0.493 e. The molecule has 4 rings (SSSR count). The Morgan fingerprint density at radius 3 is 2.54 bits per heavy atom. The van der Waals surface area contributed by atoms with E-state index in [0.29, 0.717) is 41.2 Å². The summed E-state index contributed by atoms with van der Waals surface area (Å²) in [5.74, 6) is 1.21. The van der Waals surface area contributed by atoms with Gasteiger partial charge in [0.1, 0.15) is 5.82 Å². The number of hydrogen-bond donors (Lipinski definition) is 1. The number of nitrogens with zero attached hydrogens (tertiary/aromatic N) is 3. The van der Waals surface area contributed by atoms with E-state index in [9.17, 15) is 9.18 Å². The van der Waals surface area contributed by atoms with Crippen molar-refractivity contribution in [3.05, 3.63) is 84.2 Å². The quantitative estimate of drug-likeness (QED) is 0.318. The van der Waals surface area contributed by atoms with Gasteiger partial charge in [0.25, 0.3) is 0 Å². The Kier molecular flexibility index (Phi) is 7.99. The van der Waals surface area contributed by atoms with Crippen LogP contribution in [0.2, 0.25) is 0 Å². The van der Waals surface area contributed by atoms with Gasteiger partial charge < -0.3 is 14.8 Å². The molecular formula is C26H25FN4O3S. The molecule has 0 saturated heterocycles. The molecule has 3 aromatic carbocycles. The number of nitrogens with one attached hydrogen (secondary N) is 1. The number of carbonyl (C=O) groups is 1. The number of benzene rings is 3. The molecule has 0 bridgehead atoms. The van der Waals surface area contributed by atoms with Crippen molar-refractivity contribution in [2.45, 2.75) is 18.6 Å². The number of para-hydroxylation sites is 1. The highest BCUT2D eigenvalue weighted by molar-refractivity contribution is 7.99.